The van der Waals surface area contributed by atoms with Crippen molar-refractivity contribution < 1.29 is 63.5 Å². The summed E-state index contributed by atoms with van der Waals surface area (Å²) < 4.78 is 38.0. The van der Waals surface area contributed by atoms with Gasteiger partial charge in [-0.15, -0.1) is 0 Å². The van der Waals surface area contributed by atoms with Crippen LogP contribution in [0.15, 0.2) is 30.3 Å². The molecule has 0 aromatic heterocycles. The smallest absolute Gasteiger partial charge is 0.315 e. The van der Waals surface area contributed by atoms with Crippen LogP contribution in [-0.2, 0) is 39.8 Å². The van der Waals surface area contributed by atoms with Crippen molar-refractivity contribution in [2.75, 3.05) is 40.8 Å². The lowest BCUT2D eigenvalue weighted by molar-refractivity contribution is -0.318. The molecule has 1 aromatic carbocycles. The summed E-state index contributed by atoms with van der Waals surface area (Å²) >= 11 is 0. The number of benzene rings is 1. The van der Waals surface area contributed by atoms with Crippen LogP contribution in [0.5, 0.6) is 0 Å². The number of carbonyl (C=O) groups is 2. The van der Waals surface area contributed by atoms with Crippen molar-refractivity contribution >= 4 is 12.0 Å². The van der Waals surface area contributed by atoms with E-state index in [0.717, 1.165) is 5.56 Å². The number of hydrogen-bond donors (Lipinski definition) is 7. The molecule has 18 atom stereocenters. The van der Waals surface area contributed by atoms with Crippen molar-refractivity contribution in [3.05, 3.63) is 35.9 Å². The zero-order chi connectivity index (χ0) is 48.6. The van der Waals surface area contributed by atoms with Crippen LogP contribution < -0.4 is 10.6 Å². The Labute approximate surface area is 387 Å². The molecule has 7 N–H and O–H groups in total. The minimum Gasteiger partial charge on any atom is -0.459 e. The molecule has 0 unspecified atom stereocenters. The summed E-state index contributed by atoms with van der Waals surface area (Å²) in [4.78, 5) is 31.2. The molecule has 0 bridgehead atoms. The molecule has 3 aliphatic heterocycles. The molecule has 4 rings (SSSR count). The molecule has 0 spiro atoms. The molecule has 2 amide bonds. The largest absolute Gasteiger partial charge is 0.459 e. The number of methoxy groups -OCH3 is 1. The van der Waals surface area contributed by atoms with E-state index in [9.17, 15) is 35.1 Å². The van der Waals surface area contributed by atoms with Crippen LogP contribution >= 0.6 is 0 Å². The quantitative estimate of drug-likeness (QED) is 0.112. The summed E-state index contributed by atoms with van der Waals surface area (Å²) in [5.74, 6) is -2.86. The average molecular weight is 925 g/mol. The lowest BCUT2D eigenvalue weighted by Gasteiger charge is -2.48. The molecule has 374 valence electrons. The first-order valence-electron chi connectivity index (χ1n) is 23.7. The van der Waals surface area contributed by atoms with Crippen LogP contribution in [0.2, 0.25) is 0 Å². The summed E-state index contributed by atoms with van der Waals surface area (Å²) in [5, 5.41) is 65.6. The summed E-state index contributed by atoms with van der Waals surface area (Å²) in [6.45, 7) is 19.0. The first-order valence-corrected chi connectivity index (χ1v) is 23.7. The number of aliphatic hydroxyl groups excluding tert-OH is 3. The van der Waals surface area contributed by atoms with Crippen LogP contribution in [0.1, 0.15) is 107 Å². The number of amides is 2. The second-order valence-electron chi connectivity index (χ2n) is 20.2. The Bertz CT molecular complexity index is 1620. The van der Waals surface area contributed by atoms with Gasteiger partial charge in [-0.05, 0) is 99.7 Å². The Hall–Kier alpha value is -2.52. The van der Waals surface area contributed by atoms with Crippen LogP contribution in [0.25, 0.3) is 0 Å². The van der Waals surface area contributed by atoms with Gasteiger partial charge in [0.05, 0.1) is 41.5 Å². The van der Waals surface area contributed by atoms with E-state index >= 15 is 0 Å². The summed E-state index contributed by atoms with van der Waals surface area (Å²) in [7, 11) is 5.26. The number of nitrogens with zero attached hydrogens (tertiary/aromatic N) is 2. The van der Waals surface area contributed by atoms with Gasteiger partial charge in [-0.1, -0.05) is 51.1 Å². The molecule has 65 heavy (non-hydrogen) atoms. The molecule has 3 saturated heterocycles. The van der Waals surface area contributed by atoms with Gasteiger partial charge < -0.3 is 69.5 Å². The van der Waals surface area contributed by atoms with Gasteiger partial charge in [-0.3, -0.25) is 9.69 Å². The van der Waals surface area contributed by atoms with Crippen molar-refractivity contribution in [2.45, 2.75) is 198 Å². The number of esters is 1. The van der Waals surface area contributed by atoms with E-state index in [1.807, 2.05) is 75.0 Å². The van der Waals surface area contributed by atoms with Gasteiger partial charge >= 0.3 is 12.0 Å². The van der Waals surface area contributed by atoms with Gasteiger partial charge in [0.25, 0.3) is 0 Å². The highest BCUT2D eigenvalue weighted by atomic mass is 16.7. The Morgan fingerprint density at radius 2 is 1.60 bits per heavy atom. The maximum atomic E-state index is 14.5. The Balaban J connectivity index is 1.72. The maximum absolute atomic E-state index is 14.5. The topological polar surface area (TPSA) is 221 Å². The van der Waals surface area contributed by atoms with E-state index in [4.69, 9.17) is 28.4 Å². The van der Waals surface area contributed by atoms with Crippen molar-refractivity contribution in [3.63, 3.8) is 0 Å². The minimum atomic E-state index is -1.91. The van der Waals surface area contributed by atoms with Crippen molar-refractivity contribution in [1.82, 2.24) is 20.4 Å². The molecule has 1 aromatic rings. The van der Waals surface area contributed by atoms with Gasteiger partial charge in [0, 0.05) is 57.7 Å². The van der Waals surface area contributed by atoms with Crippen molar-refractivity contribution in [3.8, 4) is 0 Å². The SMILES string of the molecule is CC[C@H]1OC(=O)[C@H](C)[C@@H](O[C@H]2C[C@@](C)(OC)[C@@H](O)[C@H](C)O2)[C@H](C)[C@@H](O[C@@H]2O[C@H](C)C[C@H](N(C)C)[C@H]2O)[C@](C)(O)C[C@@H](C)CN(CCCNC(=O)NCc2ccccc2)[C@H](C)[C@@H](O)[C@]1(C)O. The monoisotopic (exact) mass is 925 g/mol. The summed E-state index contributed by atoms with van der Waals surface area (Å²) in [5.41, 5.74) is -3.65. The second-order valence-corrected chi connectivity index (χ2v) is 20.2. The van der Waals surface area contributed by atoms with Crippen LogP contribution in [0, 0.1) is 17.8 Å². The van der Waals surface area contributed by atoms with Gasteiger partial charge in [0.15, 0.2) is 12.6 Å². The van der Waals surface area contributed by atoms with E-state index in [-0.39, 0.29) is 43.4 Å². The van der Waals surface area contributed by atoms with Crippen LogP contribution in [-0.4, -0.2) is 178 Å². The van der Waals surface area contributed by atoms with Gasteiger partial charge in [0.1, 0.15) is 30.0 Å². The fourth-order valence-corrected chi connectivity index (χ4v) is 10.2. The molecule has 17 nitrogen and oxygen atoms in total. The van der Waals surface area contributed by atoms with E-state index in [2.05, 4.69) is 10.6 Å². The fourth-order valence-electron chi connectivity index (χ4n) is 10.2. The molecule has 17 heteroatoms. The molecular formula is C48H84N4O13. The van der Waals surface area contributed by atoms with E-state index in [1.165, 1.54) is 14.0 Å². The second kappa shape index (κ2) is 23.7. The maximum Gasteiger partial charge on any atom is 0.315 e. The average Bonchev–Trinajstić information content (AvgIpc) is 3.25. The summed E-state index contributed by atoms with van der Waals surface area (Å²) in [6, 6.07) is 8.29. The van der Waals surface area contributed by atoms with Crippen LogP contribution in [0.3, 0.4) is 0 Å². The zero-order valence-corrected chi connectivity index (χ0v) is 41.3. The molecule has 0 aliphatic carbocycles. The highest BCUT2D eigenvalue weighted by molar-refractivity contribution is 5.74. The van der Waals surface area contributed by atoms with Gasteiger partial charge in [-0.25, -0.2) is 4.79 Å². The number of aliphatic hydroxyl groups is 5. The molecule has 0 radical (unpaired) electrons. The number of likely N-dealkylation sites (N-methyl/N-ethyl adjacent to an activating group) is 1. The number of ether oxygens (including phenoxy) is 6. The fraction of sp³-hybridized carbons (Fsp3) is 0.833. The first kappa shape index (κ1) is 55.1. The first-order chi connectivity index (χ1) is 30.4. The predicted molar refractivity (Wildman–Crippen MR) is 244 cm³/mol. The standard InChI is InChI=1S/C48H84N4O13/c1-14-36-48(10,59)40(54)32(6)52(22-18-21-49-45(57)50-26-34-19-16-15-17-20-34)27-28(2)24-46(8,58)42(65-44-38(53)35(51(11)12)23-29(3)61-44)30(4)39(31(5)43(56)63-36)64-37-25-47(9,60-13)41(55)33(7)62-37/h15-17,19-20,28-33,35-42,44,53-55,58-59H,14,18,21-27H2,1-13H3,(H2,49,50,57)/t28-,29-,30+,31-,32-,33+,35+,36-,37+,38-,39+,40-,41+,42-,44+,46-,47-,48-/m1/s1. The molecule has 0 saturated carbocycles. The highest BCUT2D eigenvalue weighted by Gasteiger charge is 2.53. The number of nitrogens with one attached hydrogen (secondary N) is 2. The normalized spacial score (nSPS) is 41.8. The third-order valence-corrected chi connectivity index (χ3v) is 14.2. The Morgan fingerprint density at radius 1 is 0.938 bits per heavy atom. The third kappa shape index (κ3) is 14.0. The number of cyclic esters (lactones) is 1. The minimum absolute atomic E-state index is 0.103. The lowest BCUT2D eigenvalue weighted by Crippen LogP contribution is -2.60. The third-order valence-electron chi connectivity index (χ3n) is 14.2. The molecule has 3 fully saturated rings. The van der Waals surface area contributed by atoms with E-state index in [1.54, 1.807) is 41.5 Å². The van der Waals surface area contributed by atoms with Gasteiger partial charge in [0.2, 0.25) is 0 Å². The summed E-state index contributed by atoms with van der Waals surface area (Å²) in [6.07, 6.45) is -8.47. The van der Waals surface area contributed by atoms with Crippen molar-refractivity contribution in [2.24, 2.45) is 17.8 Å². The number of urea groups is 1. The molecular weight excluding hydrogens is 841 g/mol. The number of carbonyl (C=O) groups excluding carboxylic acids is 2. The van der Waals surface area contributed by atoms with Crippen molar-refractivity contribution in [1.29, 1.82) is 0 Å². The number of hydrogen-bond acceptors (Lipinski definition) is 15. The Morgan fingerprint density at radius 3 is 2.22 bits per heavy atom. The van der Waals surface area contributed by atoms with Gasteiger partial charge in [-0.2, -0.15) is 0 Å². The van der Waals surface area contributed by atoms with E-state index < -0.39 is 96.0 Å². The lowest BCUT2D eigenvalue weighted by atomic mass is 9.77. The molecule has 3 aliphatic rings. The van der Waals surface area contributed by atoms with E-state index in [0.29, 0.717) is 39.0 Å². The van der Waals surface area contributed by atoms with Crippen LogP contribution in [0.4, 0.5) is 4.79 Å². The number of rotatable bonds is 13. The molecule has 3 heterocycles. The predicted octanol–water partition coefficient (Wildman–Crippen LogP) is 3.16. The highest BCUT2D eigenvalue weighted by Crippen LogP contribution is 2.40. The zero-order valence-electron chi connectivity index (χ0n) is 41.3. The Kier molecular flexibility index (Phi) is 20.1.